The van der Waals surface area contributed by atoms with Crippen LogP contribution >= 0.6 is 0 Å². The summed E-state index contributed by atoms with van der Waals surface area (Å²) in [5.41, 5.74) is 1.46. The van der Waals surface area contributed by atoms with Crippen molar-refractivity contribution in [2.75, 3.05) is 12.4 Å². The van der Waals surface area contributed by atoms with Crippen molar-refractivity contribution in [3.05, 3.63) is 30.1 Å². The number of nitrogens with zero attached hydrogens (tertiary/aromatic N) is 3. The summed E-state index contributed by atoms with van der Waals surface area (Å²) in [5, 5.41) is 10.3. The summed E-state index contributed by atoms with van der Waals surface area (Å²) in [6, 6.07) is 8.83. The number of aromatic nitrogens is 2. The number of benzene rings is 1. The second-order valence-corrected chi connectivity index (χ2v) is 8.45. The van der Waals surface area contributed by atoms with E-state index in [2.05, 4.69) is 32.7 Å². The Labute approximate surface area is 164 Å². The van der Waals surface area contributed by atoms with E-state index in [0.717, 1.165) is 37.1 Å². The number of hydrogen-bond donors (Lipinski definition) is 2. The average molecular weight is 381 g/mol. The highest BCUT2D eigenvalue weighted by Gasteiger charge is 2.36. The van der Waals surface area contributed by atoms with Crippen molar-refractivity contribution in [3.8, 4) is 11.5 Å². The molecule has 28 heavy (non-hydrogen) atoms. The molecular weight excluding hydrogens is 354 g/mol. The van der Waals surface area contributed by atoms with Crippen LogP contribution in [-0.4, -0.2) is 46.2 Å². The van der Waals surface area contributed by atoms with E-state index in [1.165, 1.54) is 19.3 Å². The van der Waals surface area contributed by atoms with Gasteiger partial charge in [-0.25, -0.2) is 4.79 Å². The third kappa shape index (κ3) is 3.51. The van der Waals surface area contributed by atoms with Crippen LogP contribution in [0.25, 0.3) is 11.5 Å². The number of rotatable bonds is 4. The van der Waals surface area contributed by atoms with Gasteiger partial charge in [0, 0.05) is 24.0 Å². The van der Waals surface area contributed by atoms with Crippen molar-refractivity contribution in [1.29, 1.82) is 0 Å². The van der Waals surface area contributed by atoms with Crippen LogP contribution in [0.3, 0.4) is 0 Å². The normalized spacial score (nSPS) is 27.4. The van der Waals surface area contributed by atoms with E-state index in [1.807, 2.05) is 24.3 Å². The van der Waals surface area contributed by atoms with Crippen LogP contribution < -0.4 is 10.6 Å². The van der Waals surface area contributed by atoms with Crippen molar-refractivity contribution in [1.82, 2.24) is 20.4 Å². The standard InChI is InChI=1S/C21H27N5O2/c1-26-15-5-4-6-16(26)12-14(11-15)22-21(27)23-18-8-3-2-7-17(18)20-24-19(25-28-20)13-9-10-13/h2-3,7-8,13-16H,4-6,9-12H2,1H3,(H2,22,23,27)/t14?,15-,16+. The van der Waals surface area contributed by atoms with Crippen molar-refractivity contribution < 1.29 is 9.32 Å². The Balaban J connectivity index is 1.26. The van der Waals surface area contributed by atoms with E-state index >= 15 is 0 Å². The number of anilines is 1. The van der Waals surface area contributed by atoms with Gasteiger partial charge in [0.25, 0.3) is 5.89 Å². The molecule has 2 aromatic rings. The van der Waals surface area contributed by atoms with E-state index in [4.69, 9.17) is 4.52 Å². The molecule has 7 nitrogen and oxygen atoms in total. The van der Waals surface area contributed by atoms with Gasteiger partial charge in [-0.2, -0.15) is 4.98 Å². The first kappa shape index (κ1) is 17.7. The van der Waals surface area contributed by atoms with Crippen molar-refractivity contribution in [3.63, 3.8) is 0 Å². The lowest BCUT2D eigenvalue weighted by atomic mass is 9.82. The molecule has 2 N–H and O–H groups in total. The monoisotopic (exact) mass is 381 g/mol. The zero-order valence-electron chi connectivity index (χ0n) is 16.2. The lowest BCUT2D eigenvalue weighted by Crippen LogP contribution is -2.55. The number of para-hydroxylation sites is 1. The fourth-order valence-electron chi connectivity index (χ4n) is 4.71. The molecule has 2 amide bonds. The molecule has 0 spiro atoms. The van der Waals surface area contributed by atoms with Gasteiger partial charge in [0.1, 0.15) is 0 Å². The lowest BCUT2D eigenvalue weighted by Gasteiger charge is -2.47. The van der Waals surface area contributed by atoms with Gasteiger partial charge in [-0.05, 0) is 57.7 Å². The highest BCUT2D eigenvalue weighted by atomic mass is 16.5. The van der Waals surface area contributed by atoms with Crippen LogP contribution in [0.2, 0.25) is 0 Å². The van der Waals surface area contributed by atoms with E-state index < -0.39 is 0 Å². The third-order valence-electron chi connectivity index (χ3n) is 6.46. The Bertz CT molecular complexity index is 848. The molecule has 0 radical (unpaired) electrons. The Morgan fingerprint density at radius 3 is 2.64 bits per heavy atom. The molecule has 1 unspecified atom stereocenters. The summed E-state index contributed by atoms with van der Waals surface area (Å²) in [6.07, 6.45) is 8.07. The predicted octanol–water partition coefficient (Wildman–Crippen LogP) is 3.75. The second kappa shape index (κ2) is 7.20. The SMILES string of the molecule is CN1[C@@H]2CCC[C@H]1CC(NC(=O)Nc1ccccc1-c1nc(C3CC3)no1)C2. The van der Waals surface area contributed by atoms with Gasteiger partial charge in [0.05, 0.1) is 11.3 Å². The Morgan fingerprint density at radius 2 is 1.89 bits per heavy atom. The number of hydrogen-bond acceptors (Lipinski definition) is 5. The van der Waals surface area contributed by atoms with Gasteiger partial charge in [-0.1, -0.05) is 23.7 Å². The third-order valence-corrected chi connectivity index (χ3v) is 6.46. The zero-order chi connectivity index (χ0) is 19.1. The molecule has 3 atom stereocenters. The van der Waals surface area contributed by atoms with Crippen LogP contribution in [0.1, 0.15) is 56.7 Å². The molecule has 1 aromatic heterocycles. The number of carbonyl (C=O) groups excluding carboxylic acids is 1. The molecule has 7 heteroatoms. The maximum absolute atomic E-state index is 12.7. The molecule has 3 heterocycles. The highest BCUT2D eigenvalue weighted by molar-refractivity contribution is 5.93. The molecule has 2 aliphatic heterocycles. The minimum Gasteiger partial charge on any atom is -0.335 e. The number of amides is 2. The quantitative estimate of drug-likeness (QED) is 0.843. The van der Waals surface area contributed by atoms with Gasteiger partial charge in [0.15, 0.2) is 5.82 Å². The summed E-state index contributed by atoms with van der Waals surface area (Å²) in [6.45, 7) is 0. The van der Waals surface area contributed by atoms with Gasteiger partial charge in [-0.3, -0.25) is 0 Å². The van der Waals surface area contributed by atoms with E-state index in [-0.39, 0.29) is 12.1 Å². The van der Waals surface area contributed by atoms with Crippen LogP contribution in [0, 0.1) is 0 Å². The summed E-state index contributed by atoms with van der Waals surface area (Å²) in [7, 11) is 2.22. The molecule has 5 rings (SSSR count). The van der Waals surface area contributed by atoms with Crippen LogP contribution in [0.15, 0.2) is 28.8 Å². The predicted molar refractivity (Wildman–Crippen MR) is 106 cm³/mol. The average Bonchev–Trinajstić information content (AvgIpc) is 3.40. The molecule has 2 bridgehead atoms. The largest absolute Gasteiger partial charge is 0.335 e. The molecular formula is C21H27N5O2. The number of carbonyl (C=O) groups is 1. The number of nitrogens with one attached hydrogen (secondary N) is 2. The first-order valence-electron chi connectivity index (χ1n) is 10.4. The fraction of sp³-hybridized carbons (Fsp3) is 0.571. The maximum atomic E-state index is 12.7. The van der Waals surface area contributed by atoms with Crippen LogP contribution in [-0.2, 0) is 0 Å². The van der Waals surface area contributed by atoms with Gasteiger partial charge in [-0.15, -0.1) is 0 Å². The summed E-state index contributed by atoms with van der Waals surface area (Å²) < 4.78 is 5.45. The Hall–Kier alpha value is -2.41. The number of fused-ring (bicyclic) bond motifs is 2. The van der Waals surface area contributed by atoms with Crippen molar-refractivity contribution in [2.45, 2.75) is 69.0 Å². The second-order valence-electron chi connectivity index (χ2n) is 8.45. The highest BCUT2D eigenvalue weighted by Crippen LogP contribution is 2.39. The summed E-state index contributed by atoms with van der Waals surface area (Å²) in [4.78, 5) is 19.7. The van der Waals surface area contributed by atoms with Crippen LogP contribution in [0.5, 0.6) is 0 Å². The molecule has 148 valence electrons. The molecule has 3 fully saturated rings. The van der Waals surface area contributed by atoms with E-state index in [9.17, 15) is 4.79 Å². The fourth-order valence-corrected chi connectivity index (χ4v) is 4.71. The summed E-state index contributed by atoms with van der Waals surface area (Å²) in [5.74, 6) is 1.67. The molecule has 2 saturated heterocycles. The molecule has 3 aliphatic rings. The summed E-state index contributed by atoms with van der Waals surface area (Å²) >= 11 is 0. The van der Waals surface area contributed by atoms with Crippen LogP contribution in [0.4, 0.5) is 10.5 Å². The molecule has 1 aromatic carbocycles. The first-order chi connectivity index (χ1) is 13.7. The topological polar surface area (TPSA) is 83.3 Å². The van der Waals surface area contributed by atoms with Gasteiger partial charge in [0.2, 0.25) is 0 Å². The van der Waals surface area contributed by atoms with E-state index in [0.29, 0.717) is 29.6 Å². The number of urea groups is 1. The minimum atomic E-state index is -0.165. The van der Waals surface area contributed by atoms with Crippen molar-refractivity contribution in [2.24, 2.45) is 0 Å². The number of piperidine rings is 2. The molecule has 1 aliphatic carbocycles. The minimum absolute atomic E-state index is 0.165. The van der Waals surface area contributed by atoms with E-state index in [1.54, 1.807) is 0 Å². The Kier molecular flexibility index (Phi) is 4.55. The maximum Gasteiger partial charge on any atom is 0.319 e. The lowest BCUT2D eigenvalue weighted by molar-refractivity contribution is 0.0513. The Morgan fingerprint density at radius 1 is 1.14 bits per heavy atom. The molecule has 1 saturated carbocycles. The zero-order valence-corrected chi connectivity index (χ0v) is 16.2. The van der Waals surface area contributed by atoms with Crippen molar-refractivity contribution >= 4 is 11.7 Å². The van der Waals surface area contributed by atoms with Gasteiger partial charge < -0.3 is 20.1 Å². The van der Waals surface area contributed by atoms with Gasteiger partial charge >= 0.3 is 6.03 Å². The first-order valence-corrected chi connectivity index (χ1v) is 10.4. The smallest absolute Gasteiger partial charge is 0.319 e.